The quantitative estimate of drug-likeness (QED) is 0.757. The molecule has 1 aromatic heterocycles. The summed E-state index contributed by atoms with van der Waals surface area (Å²) < 4.78 is 27.4. The van der Waals surface area contributed by atoms with E-state index in [0.29, 0.717) is 18.0 Å². The van der Waals surface area contributed by atoms with Gasteiger partial charge in [-0.15, -0.1) is 17.9 Å². The molecule has 22 heavy (non-hydrogen) atoms. The Morgan fingerprint density at radius 3 is 2.77 bits per heavy atom. The van der Waals surface area contributed by atoms with E-state index in [1.54, 1.807) is 23.5 Å². The Labute approximate surface area is 136 Å². The summed E-state index contributed by atoms with van der Waals surface area (Å²) in [5.74, 6) is 0. The first-order valence-corrected chi connectivity index (χ1v) is 9.68. The van der Waals surface area contributed by atoms with Gasteiger partial charge in [0.1, 0.15) is 0 Å². The minimum Gasteiger partial charge on any atom is -0.207 e. The van der Waals surface area contributed by atoms with E-state index >= 15 is 0 Å². The van der Waals surface area contributed by atoms with Crippen molar-refractivity contribution < 1.29 is 8.42 Å². The molecule has 0 aliphatic heterocycles. The topological polar surface area (TPSA) is 37.4 Å². The summed E-state index contributed by atoms with van der Waals surface area (Å²) >= 11 is 1.57. The summed E-state index contributed by atoms with van der Waals surface area (Å²) in [5, 5.41) is 1.96. The number of rotatable bonds is 6. The number of fused-ring (bicyclic) bond motifs is 1. The molecule has 0 atom stereocenters. The molecule has 0 N–H and O–H groups in total. The summed E-state index contributed by atoms with van der Waals surface area (Å²) in [6.07, 6.45) is 4.79. The number of hydrogen-bond acceptors (Lipinski definition) is 3. The fraction of sp³-hybridized carbons (Fsp3) is 0.294. The molecule has 0 fully saturated rings. The molecule has 0 saturated carbocycles. The van der Waals surface area contributed by atoms with Crippen molar-refractivity contribution in [1.29, 1.82) is 0 Å². The highest BCUT2D eigenvalue weighted by Gasteiger charge is 2.25. The molecule has 1 aliphatic rings. The predicted octanol–water partition coefficient (Wildman–Crippen LogP) is 3.61. The molecule has 0 saturated heterocycles. The van der Waals surface area contributed by atoms with Crippen molar-refractivity contribution in [3.8, 4) is 0 Å². The Morgan fingerprint density at radius 1 is 1.23 bits per heavy atom. The van der Waals surface area contributed by atoms with Crippen LogP contribution in [0, 0.1) is 0 Å². The van der Waals surface area contributed by atoms with Gasteiger partial charge < -0.3 is 0 Å². The third kappa shape index (κ3) is 3.02. The summed E-state index contributed by atoms with van der Waals surface area (Å²) in [5.41, 5.74) is 2.46. The second-order valence-corrected chi connectivity index (χ2v) is 8.42. The standard InChI is InChI=1S/C17H19NO2S2/c1-2-10-18(13-16-7-4-11-21-16)22(19,20)17-9-8-14-5-3-6-15(14)12-17/h2,4,7-9,11-12H,1,3,5-6,10,13H2. The molecule has 0 unspecified atom stereocenters. The molecule has 0 amide bonds. The SMILES string of the molecule is C=CCN(Cc1cccs1)S(=O)(=O)c1ccc2c(c1)CCC2. The van der Waals surface area contributed by atoms with E-state index in [2.05, 4.69) is 6.58 Å². The molecular weight excluding hydrogens is 314 g/mol. The first-order valence-electron chi connectivity index (χ1n) is 7.36. The van der Waals surface area contributed by atoms with Crippen molar-refractivity contribution in [3.05, 3.63) is 64.4 Å². The number of hydrogen-bond donors (Lipinski definition) is 0. The summed E-state index contributed by atoms with van der Waals surface area (Å²) in [7, 11) is -3.49. The van der Waals surface area contributed by atoms with Crippen LogP contribution < -0.4 is 0 Å². The third-order valence-corrected chi connectivity index (χ3v) is 6.62. The molecule has 116 valence electrons. The van der Waals surface area contributed by atoms with Crippen molar-refractivity contribution in [2.75, 3.05) is 6.54 Å². The van der Waals surface area contributed by atoms with Gasteiger partial charge in [-0.3, -0.25) is 0 Å². The average molecular weight is 333 g/mol. The normalized spacial score (nSPS) is 14.2. The van der Waals surface area contributed by atoms with E-state index in [4.69, 9.17) is 0 Å². The van der Waals surface area contributed by atoms with E-state index in [-0.39, 0.29) is 0 Å². The third-order valence-electron chi connectivity index (χ3n) is 3.95. The van der Waals surface area contributed by atoms with Crippen molar-refractivity contribution in [1.82, 2.24) is 4.31 Å². The van der Waals surface area contributed by atoms with Gasteiger partial charge in [0.05, 0.1) is 4.90 Å². The number of thiophene rings is 1. The largest absolute Gasteiger partial charge is 0.243 e. The van der Waals surface area contributed by atoms with E-state index in [1.165, 1.54) is 15.4 Å². The van der Waals surface area contributed by atoms with Gasteiger partial charge in [-0.1, -0.05) is 18.2 Å². The van der Waals surface area contributed by atoms with Crippen LogP contribution in [0.3, 0.4) is 0 Å². The molecule has 0 radical (unpaired) electrons. The molecule has 3 rings (SSSR count). The number of aryl methyl sites for hydroxylation is 2. The molecule has 5 heteroatoms. The molecule has 0 spiro atoms. The molecular formula is C17H19NO2S2. The van der Waals surface area contributed by atoms with Gasteiger partial charge in [-0.2, -0.15) is 4.31 Å². The summed E-state index contributed by atoms with van der Waals surface area (Å²) in [6.45, 7) is 4.40. The van der Waals surface area contributed by atoms with Crippen LogP contribution in [0.1, 0.15) is 22.4 Å². The molecule has 1 aromatic carbocycles. The van der Waals surface area contributed by atoms with Gasteiger partial charge in [-0.25, -0.2) is 8.42 Å². The predicted molar refractivity (Wildman–Crippen MR) is 90.6 cm³/mol. The number of sulfonamides is 1. The highest BCUT2D eigenvalue weighted by atomic mass is 32.2. The second-order valence-electron chi connectivity index (χ2n) is 5.45. The van der Waals surface area contributed by atoms with Crippen LogP contribution in [0.25, 0.3) is 0 Å². The van der Waals surface area contributed by atoms with Gasteiger partial charge in [-0.05, 0) is 54.0 Å². The molecule has 0 bridgehead atoms. The maximum absolute atomic E-state index is 12.9. The van der Waals surface area contributed by atoms with E-state index < -0.39 is 10.0 Å². The lowest BCUT2D eigenvalue weighted by Gasteiger charge is -2.20. The van der Waals surface area contributed by atoms with Gasteiger partial charge >= 0.3 is 0 Å². The van der Waals surface area contributed by atoms with Crippen molar-refractivity contribution in [2.45, 2.75) is 30.7 Å². The first-order chi connectivity index (χ1) is 10.6. The maximum Gasteiger partial charge on any atom is 0.243 e. The van der Waals surface area contributed by atoms with Crippen LogP contribution >= 0.6 is 11.3 Å². The zero-order valence-electron chi connectivity index (χ0n) is 12.4. The zero-order valence-corrected chi connectivity index (χ0v) is 14.0. The lowest BCUT2D eigenvalue weighted by molar-refractivity contribution is 0.441. The minimum atomic E-state index is -3.49. The van der Waals surface area contributed by atoms with Crippen LogP contribution in [0.2, 0.25) is 0 Å². The molecule has 1 aliphatic carbocycles. The second kappa shape index (κ2) is 6.36. The molecule has 1 heterocycles. The van der Waals surface area contributed by atoms with Crippen molar-refractivity contribution in [2.24, 2.45) is 0 Å². The Kier molecular flexibility index (Phi) is 4.47. The van der Waals surface area contributed by atoms with Crippen molar-refractivity contribution >= 4 is 21.4 Å². The smallest absolute Gasteiger partial charge is 0.207 e. The lowest BCUT2D eigenvalue weighted by atomic mass is 10.1. The van der Waals surface area contributed by atoms with Gasteiger partial charge in [0.15, 0.2) is 0 Å². The van der Waals surface area contributed by atoms with E-state index in [0.717, 1.165) is 24.1 Å². The summed E-state index contributed by atoms with van der Waals surface area (Å²) in [4.78, 5) is 1.43. The zero-order chi connectivity index (χ0) is 15.6. The number of benzene rings is 1. The van der Waals surface area contributed by atoms with E-state index in [1.807, 2.05) is 29.6 Å². The monoisotopic (exact) mass is 333 g/mol. The average Bonchev–Trinajstić information content (AvgIpc) is 3.17. The van der Waals surface area contributed by atoms with Gasteiger partial charge in [0, 0.05) is 18.0 Å². The van der Waals surface area contributed by atoms with Crippen LogP contribution in [0.4, 0.5) is 0 Å². The highest BCUT2D eigenvalue weighted by Crippen LogP contribution is 2.27. The van der Waals surface area contributed by atoms with Crippen molar-refractivity contribution in [3.63, 3.8) is 0 Å². The van der Waals surface area contributed by atoms with Crippen LogP contribution in [0.5, 0.6) is 0 Å². The minimum absolute atomic E-state index is 0.317. The Hall–Kier alpha value is -1.43. The fourth-order valence-electron chi connectivity index (χ4n) is 2.83. The van der Waals surface area contributed by atoms with Gasteiger partial charge in [0.25, 0.3) is 0 Å². The van der Waals surface area contributed by atoms with Crippen LogP contribution in [-0.4, -0.2) is 19.3 Å². The first kappa shape index (κ1) is 15.5. The molecule has 3 nitrogen and oxygen atoms in total. The Morgan fingerprint density at radius 2 is 2.05 bits per heavy atom. The lowest BCUT2D eigenvalue weighted by Crippen LogP contribution is -2.30. The number of nitrogens with zero attached hydrogens (tertiary/aromatic N) is 1. The van der Waals surface area contributed by atoms with Crippen LogP contribution in [0.15, 0.2) is 53.3 Å². The molecule has 2 aromatic rings. The highest BCUT2D eigenvalue weighted by molar-refractivity contribution is 7.89. The summed E-state index contributed by atoms with van der Waals surface area (Å²) in [6, 6.07) is 9.45. The van der Waals surface area contributed by atoms with Gasteiger partial charge in [0.2, 0.25) is 10.0 Å². The Bertz CT molecular complexity index is 764. The fourth-order valence-corrected chi connectivity index (χ4v) is 5.07. The van der Waals surface area contributed by atoms with E-state index in [9.17, 15) is 8.42 Å². The Balaban J connectivity index is 1.92. The maximum atomic E-state index is 12.9. The van der Waals surface area contributed by atoms with Crippen LogP contribution in [-0.2, 0) is 29.4 Å².